The predicted octanol–water partition coefficient (Wildman–Crippen LogP) is 2.94. The van der Waals surface area contributed by atoms with Crippen LogP contribution in [-0.2, 0) is 19.5 Å². The average molecular weight is 354 g/mol. The molecule has 0 aliphatic carbocycles. The second kappa shape index (κ2) is 9.34. The number of benzene rings is 2. The zero-order chi connectivity index (χ0) is 18.2. The summed E-state index contributed by atoms with van der Waals surface area (Å²) in [5, 5.41) is 6.47. The van der Waals surface area contributed by atoms with Crippen LogP contribution in [0.2, 0.25) is 0 Å². The lowest BCUT2D eigenvalue weighted by Crippen LogP contribution is -2.39. The fourth-order valence-electron chi connectivity index (χ4n) is 3.30. The van der Waals surface area contributed by atoms with Gasteiger partial charge in [-0.1, -0.05) is 42.5 Å². The molecule has 0 aromatic heterocycles. The molecule has 138 valence electrons. The van der Waals surface area contributed by atoms with Crippen LogP contribution in [0.5, 0.6) is 0 Å². The molecule has 0 fully saturated rings. The van der Waals surface area contributed by atoms with Gasteiger partial charge in [-0.05, 0) is 30.0 Å². The number of hydrogen-bond donors (Lipinski definition) is 2. The number of guanidine groups is 1. The maximum Gasteiger partial charge on any atom is 0.191 e. The van der Waals surface area contributed by atoms with Crippen molar-refractivity contribution in [3.63, 3.8) is 0 Å². The molecule has 5 heteroatoms. The van der Waals surface area contributed by atoms with E-state index in [2.05, 4.69) is 44.8 Å². The largest absolute Gasteiger partial charge is 0.356 e. The lowest BCUT2D eigenvalue weighted by Gasteiger charge is -2.28. The summed E-state index contributed by atoms with van der Waals surface area (Å²) in [5.41, 5.74) is 3.58. The van der Waals surface area contributed by atoms with E-state index in [9.17, 15) is 4.39 Å². The summed E-state index contributed by atoms with van der Waals surface area (Å²) in [5.74, 6) is 0.512. The molecule has 0 radical (unpaired) electrons. The van der Waals surface area contributed by atoms with Gasteiger partial charge in [-0.2, -0.15) is 0 Å². The number of halogens is 1. The maximum atomic E-state index is 13.7. The topological polar surface area (TPSA) is 39.7 Å². The molecule has 1 aliphatic heterocycles. The Morgan fingerprint density at radius 2 is 1.85 bits per heavy atom. The van der Waals surface area contributed by atoms with E-state index in [1.165, 1.54) is 17.2 Å². The van der Waals surface area contributed by atoms with Gasteiger partial charge in [0.15, 0.2) is 5.96 Å². The third kappa shape index (κ3) is 5.05. The number of nitrogens with zero attached hydrogens (tertiary/aromatic N) is 2. The number of rotatable bonds is 6. The number of nitrogens with one attached hydrogen (secondary N) is 2. The second-order valence-corrected chi connectivity index (χ2v) is 6.59. The molecule has 26 heavy (non-hydrogen) atoms. The van der Waals surface area contributed by atoms with Crippen LogP contribution in [0.4, 0.5) is 4.39 Å². The summed E-state index contributed by atoms with van der Waals surface area (Å²) >= 11 is 0. The van der Waals surface area contributed by atoms with E-state index in [0.29, 0.717) is 18.1 Å². The Balaban J connectivity index is 1.37. The number of aliphatic imine (C=N–C) groups is 1. The minimum absolute atomic E-state index is 0.194. The third-order valence-electron chi connectivity index (χ3n) is 4.78. The number of hydrogen-bond acceptors (Lipinski definition) is 2. The van der Waals surface area contributed by atoms with Crippen molar-refractivity contribution in [1.29, 1.82) is 0 Å². The number of fused-ring (bicyclic) bond motifs is 1. The van der Waals surface area contributed by atoms with Crippen LogP contribution < -0.4 is 10.6 Å². The van der Waals surface area contributed by atoms with E-state index in [1.807, 2.05) is 6.07 Å². The van der Waals surface area contributed by atoms with E-state index in [0.717, 1.165) is 39.0 Å². The average Bonchev–Trinajstić information content (AvgIpc) is 2.68. The highest BCUT2D eigenvalue weighted by Gasteiger charge is 2.14. The molecule has 3 rings (SSSR count). The van der Waals surface area contributed by atoms with Crippen LogP contribution in [-0.4, -0.2) is 37.5 Å². The van der Waals surface area contributed by atoms with Gasteiger partial charge >= 0.3 is 0 Å². The molecule has 1 aliphatic rings. The van der Waals surface area contributed by atoms with E-state index < -0.39 is 0 Å². The minimum Gasteiger partial charge on any atom is -0.356 e. The van der Waals surface area contributed by atoms with Crippen LogP contribution >= 0.6 is 0 Å². The Morgan fingerprint density at radius 1 is 1.08 bits per heavy atom. The molecule has 0 atom stereocenters. The molecule has 0 spiro atoms. The highest BCUT2D eigenvalue weighted by Crippen LogP contribution is 2.18. The van der Waals surface area contributed by atoms with Gasteiger partial charge in [0.2, 0.25) is 0 Å². The van der Waals surface area contributed by atoms with Crippen LogP contribution in [0.15, 0.2) is 53.5 Å². The Bertz CT molecular complexity index is 744. The van der Waals surface area contributed by atoms with Gasteiger partial charge in [0.25, 0.3) is 0 Å². The van der Waals surface area contributed by atoms with Crippen molar-refractivity contribution in [3.8, 4) is 0 Å². The normalized spacial score (nSPS) is 14.8. The first-order valence-electron chi connectivity index (χ1n) is 9.23. The summed E-state index contributed by atoms with van der Waals surface area (Å²) in [6.07, 6.45) is 2.18. The first-order chi connectivity index (χ1) is 12.8. The molecule has 2 aromatic rings. The lowest BCUT2D eigenvalue weighted by molar-refractivity contribution is 0.251. The summed E-state index contributed by atoms with van der Waals surface area (Å²) in [7, 11) is 1.73. The Morgan fingerprint density at radius 3 is 2.65 bits per heavy atom. The van der Waals surface area contributed by atoms with E-state index in [4.69, 9.17) is 0 Å². The van der Waals surface area contributed by atoms with Gasteiger partial charge in [0.05, 0.1) is 0 Å². The Labute approximate surface area is 155 Å². The van der Waals surface area contributed by atoms with Crippen molar-refractivity contribution in [1.82, 2.24) is 15.5 Å². The summed E-state index contributed by atoms with van der Waals surface area (Å²) < 4.78 is 13.7. The van der Waals surface area contributed by atoms with Crippen LogP contribution in [0, 0.1) is 5.82 Å². The van der Waals surface area contributed by atoms with Gasteiger partial charge in [0.1, 0.15) is 5.82 Å². The van der Waals surface area contributed by atoms with Crippen molar-refractivity contribution in [3.05, 3.63) is 71.0 Å². The first kappa shape index (κ1) is 18.4. The molecule has 2 aromatic carbocycles. The molecule has 0 unspecified atom stereocenters. The zero-order valence-corrected chi connectivity index (χ0v) is 15.3. The summed E-state index contributed by atoms with van der Waals surface area (Å²) in [6.45, 7) is 4.49. The van der Waals surface area contributed by atoms with Crippen LogP contribution in [0.1, 0.15) is 23.1 Å². The molecule has 0 bridgehead atoms. The molecule has 1 heterocycles. The van der Waals surface area contributed by atoms with Gasteiger partial charge in [-0.3, -0.25) is 9.89 Å². The van der Waals surface area contributed by atoms with Gasteiger partial charge in [-0.15, -0.1) is 0 Å². The van der Waals surface area contributed by atoms with Crippen molar-refractivity contribution in [2.45, 2.75) is 25.9 Å². The van der Waals surface area contributed by atoms with Crippen molar-refractivity contribution >= 4 is 5.96 Å². The fourth-order valence-corrected chi connectivity index (χ4v) is 3.30. The van der Waals surface area contributed by atoms with E-state index >= 15 is 0 Å². The van der Waals surface area contributed by atoms with Crippen LogP contribution in [0.3, 0.4) is 0 Å². The molecular formula is C21H27FN4. The van der Waals surface area contributed by atoms with Gasteiger partial charge in [0, 0.05) is 45.3 Å². The monoisotopic (exact) mass is 354 g/mol. The van der Waals surface area contributed by atoms with Crippen molar-refractivity contribution in [2.24, 2.45) is 4.99 Å². The zero-order valence-electron chi connectivity index (χ0n) is 15.3. The fraction of sp³-hybridized carbons (Fsp3) is 0.381. The highest BCUT2D eigenvalue weighted by molar-refractivity contribution is 5.79. The second-order valence-electron chi connectivity index (χ2n) is 6.59. The van der Waals surface area contributed by atoms with E-state index in [1.54, 1.807) is 19.2 Å². The van der Waals surface area contributed by atoms with Crippen molar-refractivity contribution < 1.29 is 4.39 Å². The summed E-state index contributed by atoms with van der Waals surface area (Å²) in [6, 6.07) is 15.5. The maximum absolute atomic E-state index is 13.7. The molecule has 4 nitrogen and oxygen atoms in total. The SMILES string of the molecule is CN=C(NCCCN1CCc2ccccc2C1)NCc1ccccc1F. The lowest BCUT2D eigenvalue weighted by atomic mass is 10.00. The Kier molecular flexibility index (Phi) is 6.61. The molecular weight excluding hydrogens is 327 g/mol. The smallest absolute Gasteiger partial charge is 0.191 e. The van der Waals surface area contributed by atoms with Gasteiger partial charge < -0.3 is 10.6 Å². The van der Waals surface area contributed by atoms with E-state index in [-0.39, 0.29) is 5.82 Å². The molecule has 0 saturated heterocycles. The highest BCUT2D eigenvalue weighted by atomic mass is 19.1. The van der Waals surface area contributed by atoms with Crippen LogP contribution in [0.25, 0.3) is 0 Å². The first-order valence-corrected chi connectivity index (χ1v) is 9.23. The minimum atomic E-state index is -0.194. The molecule has 0 amide bonds. The predicted molar refractivity (Wildman–Crippen MR) is 105 cm³/mol. The van der Waals surface area contributed by atoms with Crippen molar-refractivity contribution in [2.75, 3.05) is 26.7 Å². The Hall–Kier alpha value is -2.40. The summed E-state index contributed by atoms with van der Waals surface area (Å²) in [4.78, 5) is 6.70. The quantitative estimate of drug-likeness (QED) is 0.476. The molecule has 0 saturated carbocycles. The van der Waals surface area contributed by atoms with Gasteiger partial charge in [-0.25, -0.2) is 4.39 Å². The standard InChI is InChI=1S/C21H27FN4/c1-23-21(25-15-18-8-4-5-10-20(18)22)24-12-6-13-26-14-11-17-7-2-3-9-19(17)16-26/h2-5,7-10H,6,11-16H2,1H3,(H2,23,24,25). The molecule has 2 N–H and O–H groups in total. The third-order valence-corrected chi connectivity index (χ3v) is 4.78.